The van der Waals surface area contributed by atoms with Gasteiger partial charge in [-0.05, 0) is 11.6 Å². The molecule has 2 aromatic rings. The Kier molecular flexibility index (Phi) is 6.02. The third-order valence-electron chi connectivity index (χ3n) is 2.88. The summed E-state index contributed by atoms with van der Waals surface area (Å²) in [7, 11) is 0. The summed E-state index contributed by atoms with van der Waals surface area (Å²) < 4.78 is 40.8. The predicted molar refractivity (Wildman–Crippen MR) is 79.7 cm³/mol. The lowest BCUT2D eigenvalue weighted by atomic mass is 10.2. The number of carbonyl (C=O) groups excluding carboxylic acids is 1. The number of ether oxygens (including phenoxy) is 1. The van der Waals surface area contributed by atoms with Gasteiger partial charge in [0.25, 0.3) is 0 Å². The maximum Gasteiger partial charge on any atom is 0.573 e. The van der Waals surface area contributed by atoms with E-state index < -0.39 is 12.4 Å². The molecular weight excluding hydrogens is 325 g/mol. The maximum atomic E-state index is 12.3. The smallest absolute Gasteiger partial charge is 0.405 e. The molecule has 0 aromatic heterocycles. The van der Waals surface area contributed by atoms with Gasteiger partial charge in [0.1, 0.15) is 5.75 Å². The molecule has 8 heteroatoms. The Hall–Kier alpha value is -2.74. The maximum absolute atomic E-state index is 12.3. The number of para-hydroxylation sites is 1. The summed E-state index contributed by atoms with van der Waals surface area (Å²) in [5.74, 6) is -0.365. The molecule has 0 bridgehead atoms. The number of alkyl halides is 3. The fourth-order valence-electron chi connectivity index (χ4n) is 1.84. The molecule has 2 aromatic carbocycles. The van der Waals surface area contributed by atoms with Gasteiger partial charge in [-0.15, -0.1) is 13.2 Å². The third-order valence-corrected chi connectivity index (χ3v) is 2.88. The number of hydrogen-bond donors (Lipinski definition) is 2. The molecule has 0 saturated heterocycles. The lowest BCUT2D eigenvalue weighted by Gasteiger charge is -2.13. The molecule has 0 aliphatic rings. The fourth-order valence-corrected chi connectivity index (χ4v) is 1.84. The minimum Gasteiger partial charge on any atom is -0.405 e. The number of carbonyl (C=O) groups is 1. The topological polar surface area (TPSA) is 59.6 Å². The molecule has 2 N–H and O–H groups in total. The Morgan fingerprint density at radius 2 is 1.67 bits per heavy atom. The number of hydroxylamine groups is 1. The van der Waals surface area contributed by atoms with Gasteiger partial charge in [0.2, 0.25) is 0 Å². The SMILES string of the molecule is O=C(NCc1ccccc1OC(F)(F)F)NOCc1ccccc1. The Bertz CT molecular complexity index is 663. The number of benzene rings is 2. The van der Waals surface area contributed by atoms with E-state index in [2.05, 4.69) is 15.5 Å². The quantitative estimate of drug-likeness (QED) is 0.791. The van der Waals surface area contributed by atoms with E-state index in [1.54, 1.807) is 6.07 Å². The highest BCUT2D eigenvalue weighted by atomic mass is 19.4. The van der Waals surface area contributed by atoms with E-state index in [0.29, 0.717) is 0 Å². The van der Waals surface area contributed by atoms with Gasteiger partial charge in [-0.3, -0.25) is 4.84 Å². The van der Waals surface area contributed by atoms with Gasteiger partial charge in [0.15, 0.2) is 0 Å². The van der Waals surface area contributed by atoms with Crippen molar-refractivity contribution in [3.63, 3.8) is 0 Å². The number of rotatable bonds is 6. The Balaban J connectivity index is 1.79. The van der Waals surface area contributed by atoms with E-state index in [4.69, 9.17) is 4.84 Å². The van der Waals surface area contributed by atoms with Crippen molar-refractivity contribution in [3.8, 4) is 5.75 Å². The van der Waals surface area contributed by atoms with Crippen LogP contribution in [0.3, 0.4) is 0 Å². The summed E-state index contributed by atoms with van der Waals surface area (Å²) >= 11 is 0. The van der Waals surface area contributed by atoms with Crippen LogP contribution in [0.2, 0.25) is 0 Å². The second kappa shape index (κ2) is 8.21. The van der Waals surface area contributed by atoms with E-state index in [1.165, 1.54) is 18.2 Å². The van der Waals surface area contributed by atoms with Crippen molar-refractivity contribution in [1.29, 1.82) is 0 Å². The average Bonchev–Trinajstić information content (AvgIpc) is 2.54. The zero-order chi connectivity index (χ0) is 17.4. The van der Waals surface area contributed by atoms with Crippen LogP contribution < -0.4 is 15.5 Å². The van der Waals surface area contributed by atoms with Crippen LogP contribution in [0.4, 0.5) is 18.0 Å². The number of urea groups is 1. The van der Waals surface area contributed by atoms with Gasteiger partial charge in [-0.1, -0.05) is 48.5 Å². The van der Waals surface area contributed by atoms with Crippen molar-refractivity contribution in [2.75, 3.05) is 0 Å². The molecule has 0 aliphatic carbocycles. The highest BCUT2D eigenvalue weighted by molar-refractivity contribution is 5.72. The van der Waals surface area contributed by atoms with Crippen LogP contribution in [0.25, 0.3) is 0 Å². The molecule has 5 nitrogen and oxygen atoms in total. The molecule has 0 unspecified atom stereocenters. The van der Waals surface area contributed by atoms with E-state index in [1.807, 2.05) is 30.3 Å². The fraction of sp³-hybridized carbons (Fsp3) is 0.188. The predicted octanol–water partition coefficient (Wildman–Crippen LogP) is 3.52. The standard InChI is InChI=1S/C16H15F3N2O3/c17-16(18,19)24-14-9-5-4-8-13(14)10-20-15(22)21-23-11-12-6-2-1-3-7-12/h1-9H,10-11H2,(H2,20,21,22). The van der Waals surface area contributed by atoms with Crippen molar-refractivity contribution < 1.29 is 27.5 Å². The van der Waals surface area contributed by atoms with Crippen LogP contribution in [0.1, 0.15) is 11.1 Å². The summed E-state index contributed by atoms with van der Waals surface area (Å²) in [6, 6.07) is 14.0. The molecule has 0 atom stereocenters. The summed E-state index contributed by atoms with van der Waals surface area (Å²) in [6.45, 7) is 0.0226. The molecular formula is C16H15F3N2O3. The molecule has 0 spiro atoms. The number of amides is 2. The zero-order valence-electron chi connectivity index (χ0n) is 12.5. The number of halogens is 3. The molecule has 128 valence electrons. The lowest BCUT2D eigenvalue weighted by molar-refractivity contribution is -0.274. The average molecular weight is 340 g/mol. The molecule has 0 fully saturated rings. The normalized spacial score (nSPS) is 11.0. The molecule has 2 amide bonds. The minimum atomic E-state index is -4.79. The van der Waals surface area contributed by atoms with Gasteiger partial charge in [-0.2, -0.15) is 0 Å². The summed E-state index contributed by atoms with van der Waals surface area (Å²) in [5, 5.41) is 2.39. The van der Waals surface area contributed by atoms with Crippen molar-refractivity contribution in [2.45, 2.75) is 19.5 Å². The van der Waals surface area contributed by atoms with Crippen LogP contribution in [0.5, 0.6) is 5.75 Å². The van der Waals surface area contributed by atoms with E-state index >= 15 is 0 Å². The van der Waals surface area contributed by atoms with E-state index in [0.717, 1.165) is 5.56 Å². The van der Waals surface area contributed by atoms with Crippen LogP contribution in [0, 0.1) is 0 Å². The first-order chi connectivity index (χ1) is 11.4. The van der Waals surface area contributed by atoms with Gasteiger partial charge >= 0.3 is 12.4 Å². The zero-order valence-corrected chi connectivity index (χ0v) is 12.5. The molecule has 0 radical (unpaired) electrons. The summed E-state index contributed by atoms with van der Waals surface area (Å²) in [5.41, 5.74) is 3.21. The van der Waals surface area contributed by atoms with E-state index in [9.17, 15) is 18.0 Å². The largest absolute Gasteiger partial charge is 0.573 e. The third kappa shape index (κ3) is 6.17. The van der Waals surface area contributed by atoms with Gasteiger partial charge in [0, 0.05) is 12.1 Å². The van der Waals surface area contributed by atoms with Crippen LogP contribution in [-0.4, -0.2) is 12.4 Å². The second-order valence-electron chi connectivity index (χ2n) is 4.71. The van der Waals surface area contributed by atoms with Crippen molar-refractivity contribution in [3.05, 3.63) is 65.7 Å². The first kappa shape index (κ1) is 17.6. The monoisotopic (exact) mass is 340 g/mol. The van der Waals surface area contributed by atoms with Crippen LogP contribution in [0.15, 0.2) is 54.6 Å². The Morgan fingerprint density at radius 1 is 1.00 bits per heavy atom. The molecule has 0 saturated carbocycles. The van der Waals surface area contributed by atoms with Crippen molar-refractivity contribution in [2.24, 2.45) is 0 Å². The number of hydrogen-bond acceptors (Lipinski definition) is 3. The highest BCUT2D eigenvalue weighted by Gasteiger charge is 2.31. The molecule has 0 heterocycles. The molecule has 2 rings (SSSR count). The van der Waals surface area contributed by atoms with E-state index in [-0.39, 0.29) is 24.5 Å². The first-order valence-corrected chi connectivity index (χ1v) is 6.97. The van der Waals surface area contributed by atoms with Crippen LogP contribution in [-0.2, 0) is 18.0 Å². The second-order valence-corrected chi connectivity index (χ2v) is 4.71. The van der Waals surface area contributed by atoms with Gasteiger partial charge in [-0.25, -0.2) is 10.3 Å². The highest BCUT2D eigenvalue weighted by Crippen LogP contribution is 2.25. The Labute approximate surface area is 136 Å². The first-order valence-electron chi connectivity index (χ1n) is 6.97. The Morgan fingerprint density at radius 3 is 2.38 bits per heavy atom. The lowest BCUT2D eigenvalue weighted by Crippen LogP contribution is -2.35. The summed E-state index contributed by atoms with van der Waals surface area (Å²) in [6.07, 6.45) is -4.79. The van der Waals surface area contributed by atoms with Gasteiger partial charge in [0.05, 0.1) is 6.61 Å². The van der Waals surface area contributed by atoms with Crippen molar-refractivity contribution in [1.82, 2.24) is 10.8 Å². The summed E-state index contributed by atoms with van der Waals surface area (Å²) in [4.78, 5) is 16.6. The van der Waals surface area contributed by atoms with Gasteiger partial charge < -0.3 is 10.1 Å². The molecule has 24 heavy (non-hydrogen) atoms. The van der Waals surface area contributed by atoms with Crippen LogP contribution >= 0.6 is 0 Å². The minimum absolute atomic E-state index is 0.146. The number of nitrogens with one attached hydrogen (secondary N) is 2. The van der Waals surface area contributed by atoms with Crippen molar-refractivity contribution >= 4 is 6.03 Å². The molecule has 0 aliphatic heterocycles.